The van der Waals surface area contributed by atoms with Crippen LogP contribution in [0.25, 0.3) is 0 Å². The first kappa shape index (κ1) is 18.8. The van der Waals surface area contributed by atoms with Gasteiger partial charge in [0.1, 0.15) is 5.54 Å². The van der Waals surface area contributed by atoms with Gasteiger partial charge >= 0.3 is 0 Å². The zero-order valence-electron chi connectivity index (χ0n) is 17.2. The summed E-state index contributed by atoms with van der Waals surface area (Å²) in [6, 6.07) is 10.4. The molecule has 1 saturated carbocycles. The fourth-order valence-electron chi connectivity index (χ4n) is 5.69. The Labute approximate surface area is 164 Å². The summed E-state index contributed by atoms with van der Waals surface area (Å²) in [5.41, 5.74) is 1.12. The minimum Gasteiger partial charge on any atom is -0.339 e. The summed E-state index contributed by atoms with van der Waals surface area (Å²) in [6.07, 6.45) is 7.17. The van der Waals surface area contributed by atoms with Gasteiger partial charge in [0.2, 0.25) is 5.91 Å². The third kappa shape index (κ3) is 3.26. The number of nitrogens with one attached hydrogen (secondary N) is 1. The van der Waals surface area contributed by atoms with Crippen LogP contribution in [0.15, 0.2) is 30.3 Å². The van der Waals surface area contributed by atoms with Gasteiger partial charge in [-0.2, -0.15) is 0 Å². The van der Waals surface area contributed by atoms with Gasteiger partial charge in [-0.25, -0.2) is 0 Å². The topological polar surface area (TPSA) is 35.6 Å². The van der Waals surface area contributed by atoms with Crippen LogP contribution >= 0.6 is 0 Å². The number of anilines is 1. The zero-order chi connectivity index (χ0) is 19.1. The molecule has 1 aromatic carbocycles. The van der Waals surface area contributed by atoms with Crippen LogP contribution in [0.2, 0.25) is 0 Å². The maximum Gasteiger partial charge on any atom is 0.247 e. The Hall–Kier alpha value is -1.55. The molecule has 0 bridgehead atoms. The standard InChI is InChI=1S/C23H35N3O/c1-18(2)19-9-11-22(3,12-10-19)25-15-13-23(14-16-25)21(27)24-17-26(23)20-7-5-4-6-8-20/h4-8,18-19H,9-17H2,1-3H3,(H,24,27). The van der Waals surface area contributed by atoms with Crippen molar-refractivity contribution in [2.45, 2.75) is 70.4 Å². The number of piperidine rings is 1. The third-order valence-corrected chi connectivity index (χ3v) is 7.81. The second kappa shape index (κ2) is 7.12. The highest BCUT2D eigenvalue weighted by Gasteiger charge is 2.52. The van der Waals surface area contributed by atoms with Crippen molar-refractivity contribution in [3.63, 3.8) is 0 Å². The van der Waals surface area contributed by atoms with Crippen LogP contribution < -0.4 is 10.2 Å². The minimum absolute atomic E-state index is 0.222. The summed E-state index contributed by atoms with van der Waals surface area (Å²) in [5, 5.41) is 3.12. The lowest BCUT2D eigenvalue weighted by Crippen LogP contribution is -2.61. The molecule has 0 radical (unpaired) electrons. The van der Waals surface area contributed by atoms with E-state index in [4.69, 9.17) is 0 Å². The largest absolute Gasteiger partial charge is 0.339 e. The van der Waals surface area contributed by atoms with Gasteiger partial charge in [-0.1, -0.05) is 32.0 Å². The van der Waals surface area contributed by atoms with Crippen LogP contribution in [0.1, 0.15) is 59.3 Å². The molecule has 1 amide bonds. The number of carbonyl (C=O) groups excluding carboxylic acids is 1. The Bertz CT molecular complexity index is 655. The van der Waals surface area contributed by atoms with Crippen molar-refractivity contribution < 1.29 is 4.79 Å². The van der Waals surface area contributed by atoms with Gasteiger partial charge in [0.15, 0.2) is 0 Å². The van der Waals surface area contributed by atoms with E-state index in [1.807, 2.05) is 6.07 Å². The normalized spacial score (nSPS) is 31.5. The van der Waals surface area contributed by atoms with Crippen molar-refractivity contribution in [3.8, 4) is 0 Å². The number of amides is 1. The van der Waals surface area contributed by atoms with Crippen LogP contribution in [-0.4, -0.2) is 41.6 Å². The molecule has 3 aliphatic rings. The third-order valence-electron chi connectivity index (χ3n) is 7.81. The van der Waals surface area contributed by atoms with Gasteiger partial charge in [-0.05, 0) is 69.4 Å². The Kier molecular flexibility index (Phi) is 4.96. The number of carbonyl (C=O) groups is 1. The molecule has 1 aliphatic carbocycles. The van der Waals surface area contributed by atoms with Gasteiger partial charge in [-0.15, -0.1) is 0 Å². The van der Waals surface area contributed by atoms with Crippen molar-refractivity contribution in [1.29, 1.82) is 0 Å². The molecule has 0 atom stereocenters. The number of para-hydroxylation sites is 1. The van der Waals surface area contributed by atoms with E-state index in [1.54, 1.807) is 0 Å². The Morgan fingerprint density at radius 3 is 2.26 bits per heavy atom. The van der Waals surface area contributed by atoms with Gasteiger partial charge in [0.05, 0.1) is 6.67 Å². The molecular weight excluding hydrogens is 334 g/mol. The SMILES string of the molecule is CC(C)C1CCC(C)(N2CCC3(CC2)C(=O)NCN3c2ccccc2)CC1. The molecule has 27 heavy (non-hydrogen) atoms. The summed E-state index contributed by atoms with van der Waals surface area (Å²) in [6.45, 7) is 9.89. The lowest BCUT2D eigenvalue weighted by atomic mass is 9.72. The maximum absolute atomic E-state index is 12.8. The van der Waals surface area contributed by atoms with Crippen molar-refractivity contribution in [2.24, 2.45) is 11.8 Å². The molecule has 1 spiro atoms. The second-order valence-electron chi connectivity index (χ2n) is 9.52. The average Bonchev–Trinajstić information content (AvgIpc) is 2.99. The predicted octanol–water partition coefficient (Wildman–Crippen LogP) is 4.02. The molecule has 0 aromatic heterocycles. The Morgan fingerprint density at radius 2 is 1.67 bits per heavy atom. The lowest BCUT2D eigenvalue weighted by Gasteiger charge is -2.52. The lowest BCUT2D eigenvalue weighted by molar-refractivity contribution is -0.126. The van der Waals surface area contributed by atoms with E-state index in [1.165, 1.54) is 25.7 Å². The summed E-state index contributed by atoms with van der Waals surface area (Å²) in [5.74, 6) is 1.92. The van der Waals surface area contributed by atoms with Crippen LogP contribution in [0.4, 0.5) is 5.69 Å². The molecule has 2 aliphatic heterocycles. The number of likely N-dealkylation sites (tertiary alicyclic amines) is 1. The quantitative estimate of drug-likeness (QED) is 0.874. The molecule has 2 heterocycles. The maximum atomic E-state index is 12.8. The highest BCUT2D eigenvalue weighted by atomic mass is 16.2. The molecule has 4 nitrogen and oxygen atoms in total. The Balaban J connectivity index is 1.45. The van der Waals surface area contributed by atoms with E-state index >= 15 is 0 Å². The van der Waals surface area contributed by atoms with E-state index in [2.05, 4.69) is 60.2 Å². The van der Waals surface area contributed by atoms with Crippen molar-refractivity contribution in [1.82, 2.24) is 10.2 Å². The van der Waals surface area contributed by atoms with E-state index in [0.29, 0.717) is 12.2 Å². The minimum atomic E-state index is -0.358. The van der Waals surface area contributed by atoms with Crippen LogP contribution in [0.3, 0.4) is 0 Å². The fraction of sp³-hybridized carbons (Fsp3) is 0.696. The predicted molar refractivity (Wildman–Crippen MR) is 111 cm³/mol. The van der Waals surface area contributed by atoms with Crippen LogP contribution in [0, 0.1) is 11.8 Å². The van der Waals surface area contributed by atoms with E-state index < -0.39 is 0 Å². The second-order valence-corrected chi connectivity index (χ2v) is 9.52. The van der Waals surface area contributed by atoms with Gasteiger partial charge in [-0.3, -0.25) is 9.69 Å². The average molecular weight is 370 g/mol. The number of hydrogen-bond acceptors (Lipinski definition) is 3. The van der Waals surface area contributed by atoms with Gasteiger partial charge in [0.25, 0.3) is 0 Å². The summed E-state index contributed by atoms with van der Waals surface area (Å²) >= 11 is 0. The summed E-state index contributed by atoms with van der Waals surface area (Å²) in [4.78, 5) is 17.9. The van der Waals surface area contributed by atoms with Crippen LogP contribution in [0.5, 0.6) is 0 Å². The number of nitrogens with zero attached hydrogens (tertiary/aromatic N) is 2. The first-order valence-corrected chi connectivity index (χ1v) is 10.8. The fourth-order valence-corrected chi connectivity index (χ4v) is 5.69. The van der Waals surface area contributed by atoms with Crippen molar-refractivity contribution >= 4 is 11.6 Å². The van der Waals surface area contributed by atoms with E-state index in [0.717, 1.165) is 43.5 Å². The first-order chi connectivity index (χ1) is 12.9. The zero-order valence-corrected chi connectivity index (χ0v) is 17.2. The number of hydrogen-bond donors (Lipinski definition) is 1. The Morgan fingerprint density at radius 1 is 1.04 bits per heavy atom. The number of benzene rings is 1. The smallest absolute Gasteiger partial charge is 0.247 e. The van der Waals surface area contributed by atoms with Crippen molar-refractivity contribution in [2.75, 3.05) is 24.7 Å². The molecule has 0 unspecified atom stereocenters. The molecule has 4 heteroatoms. The van der Waals surface area contributed by atoms with Crippen LogP contribution in [-0.2, 0) is 4.79 Å². The van der Waals surface area contributed by atoms with Crippen molar-refractivity contribution in [3.05, 3.63) is 30.3 Å². The highest BCUT2D eigenvalue weighted by Crippen LogP contribution is 2.43. The molecule has 4 rings (SSSR count). The molecular formula is C23H35N3O. The van der Waals surface area contributed by atoms with Gasteiger partial charge in [0, 0.05) is 24.3 Å². The number of rotatable bonds is 3. The molecule has 2 saturated heterocycles. The summed E-state index contributed by atoms with van der Waals surface area (Å²) < 4.78 is 0. The highest BCUT2D eigenvalue weighted by molar-refractivity contribution is 5.93. The van der Waals surface area contributed by atoms with Gasteiger partial charge < -0.3 is 10.2 Å². The molecule has 3 fully saturated rings. The first-order valence-electron chi connectivity index (χ1n) is 10.8. The summed E-state index contributed by atoms with van der Waals surface area (Å²) in [7, 11) is 0. The molecule has 1 N–H and O–H groups in total. The molecule has 148 valence electrons. The molecule has 1 aromatic rings. The van der Waals surface area contributed by atoms with E-state index in [-0.39, 0.29) is 11.4 Å². The monoisotopic (exact) mass is 369 g/mol. The van der Waals surface area contributed by atoms with E-state index in [9.17, 15) is 4.79 Å².